The maximum atomic E-state index is 5.53. The number of hydrogen-bond acceptors (Lipinski definition) is 1. The average molecular weight is 199 g/mol. The molecule has 0 bridgehead atoms. The molecule has 0 saturated heterocycles. The van der Waals surface area contributed by atoms with E-state index in [0.29, 0.717) is 5.69 Å². The molecule has 0 aromatic carbocycles. The molecule has 0 N–H and O–H groups in total. The van der Waals surface area contributed by atoms with Gasteiger partial charge in [-0.25, -0.2) is 0 Å². The van der Waals surface area contributed by atoms with Crippen LogP contribution < -0.4 is 0 Å². The minimum Gasteiger partial charge on any atom is -0.275 e. The molecule has 10 heavy (non-hydrogen) atoms. The molecule has 0 amide bonds. The lowest BCUT2D eigenvalue weighted by Gasteiger charge is -2.04. The molecule has 0 aliphatic rings. The summed E-state index contributed by atoms with van der Waals surface area (Å²) in [5, 5.41) is 3.90. The van der Waals surface area contributed by atoms with Crippen LogP contribution in [0, 0.1) is 0 Å². The number of alkyl halides is 3. The fraction of sp³-hybridized carbons (Fsp3) is 0.400. The summed E-state index contributed by atoms with van der Waals surface area (Å²) in [6, 6.07) is 1.66. The van der Waals surface area contributed by atoms with Gasteiger partial charge in [-0.05, 0) is 6.07 Å². The first-order valence-corrected chi connectivity index (χ1v) is 3.70. The standard InChI is InChI=1S/C5H5Cl3N2/c1-10-3-2-4(9-10)5(6,7)8/h2-3H,1H3. The average Bonchev–Trinajstić information content (AvgIpc) is 2.11. The molecule has 0 spiro atoms. The van der Waals surface area contributed by atoms with E-state index in [-0.39, 0.29) is 0 Å². The summed E-state index contributed by atoms with van der Waals surface area (Å²) in [5.74, 6) is 0. The zero-order valence-corrected chi connectivity index (χ0v) is 7.45. The van der Waals surface area contributed by atoms with E-state index in [2.05, 4.69) is 5.10 Å². The highest BCUT2D eigenvalue weighted by Gasteiger charge is 2.25. The van der Waals surface area contributed by atoms with Crippen LogP contribution in [0.1, 0.15) is 5.69 Å². The van der Waals surface area contributed by atoms with Crippen molar-refractivity contribution >= 4 is 34.8 Å². The second-order valence-corrected chi connectivity index (χ2v) is 4.15. The molecule has 0 unspecified atom stereocenters. The highest BCUT2D eigenvalue weighted by atomic mass is 35.6. The third-order valence-corrected chi connectivity index (χ3v) is 1.58. The number of aromatic nitrogens is 2. The Hall–Kier alpha value is 0.0800. The Balaban J connectivity index is 2.96. The molecule has 0 radical (unpaired) electrons. The first-order chi connectivity index (χ1) is 4.50. The van der Waals surface area contributed by atoms with E-state index < -0.39 is 3.79 Å². The monoisotopic (exact) mass is 198 g/mol. The quantitative estimate of drug-likeness (QED) is 0.586. The second-order valence-electron chi connectivity index (χ2n) is 1.87. The van der Waals surface area contributed by atoms with E-state index in [1.807, 2.05) is 0 Å². The number of nitrogens with zero attached hydrogens (tertiary/aromatic N) is 2. The number of rotatable bonds is 0. The maximum Gasteiger partial charge on any atom is 0.234 e. The summed E-state index contributed by atoms with van der Waals surface area (Å²) in [6.07, 6.45) is 1.72. The van der Waals surface area contributed by atoms with Gasteiger partial charge in [0, 0.05) is 13.2 Å². The molecule has 0 aliphatic carbocycles. The second kappa shape index (κ2) is 2.61. The van der Waals surface area contributed by atoms with Gasteiger partial charge in [0.2, 0.25) is 3.79 Å². The van der Waals surface area contributed by atoms with Crippen molar-refractivity contribution in [2.24, 2.45) is 7.05 Å². The number of hydrogen-bond donors (Lipinski definition) is 0. The summed E-state index contributed by atoms with van der Waals surface area (Å²) in [5.41, 5.74) is 0.444. The van der Waals surface area contributed by atoms with Gasteiger partial charge in [0.05, 0.1) is 0 Å². The van der Waals surface area contributed by atoms with E-state index in [1.165, 1.54) is 0 Å². The summed E-state index contributed by atoms with van der Waals surface area (Å²) in [6.45, 7) is 0. The molecule has 1 aromatic heterocycles. The van der Waals surface area contributed by atoms with Gasteiger partial charge in [0.1, 0.15) is 5.69 Å². The van der Waals surface area contributed by atoms with Crippen molar-refractivity contribution in [3.8, 4) is 0 Å². The van der Waals surface area contributed by atoms with Gasteiger partial charge < -0.3 is 0 Å². The van der Waals surface area contributed by atoms with Crippen molar-refractivity contribution in [3.63, 3.8) is 0 Å². The Bertz CT molecular complexity index is 225. The van der Waals surface area contributed by atoms with Crippen LogP contribution in [0.3, 0.4) is 0 Å². The molecule has 1 rings (SSSR count). The van der Waals surface area contributed by atoms with Crippen molar-refractivity contribution in [1.29, 1.82) is 0 Å². The van der Waals surface area contributed by atoms with Crippen LogP contribution in [0.25, 0.3) is 0 Å². The first-order valence-electron chi connectivity index (χ1n) is 2.57. The van der Waals surface area contributed by atoms with Gasteiger partial charge in [-0.15, -0.1) is 0 Å². The Labute approximate surface area is 73.7 Å². The lowest BCUT2D eigenvalue weighted by molar-refractivity contribution is 0.748. The number of halogens is 3. The zero-order valence-electron chi connectivity index (χ0n) is 5.18. The topological polar surface area (TPSA) is 17.8 Å². The Morgan fingerprint density at radius 1 is 1.50 bits per heavy atom. The predicted octanol–water partition coefficient (Wildman–Crippen LogP) is 2.25. The van der Waals surface area contributed by atoms with Gasteiger partial charge in [0.15, 0.2) is 0 Å². The third-order valence-electron chi connectivity index (χ3n) is 1.00. The van der Waals surface area contributed by atoms with Gasteiger partial charge in [-0.3, -0.25) is 4.68 Å². The van der Waals surface area contributed by atoms with Crippen LogP contribution in [0.5, 0.6) is 0 Å². The SMILES string of the molecule is Cn1ccc(C(Cl)(Cl)Cl)n1. The summed E-state index contributed by atoms with van der Waals surface area (Å²) < 4.78 is 0.179. The van der Waals surface area contributed by atoms with Gasteiger partial charge in [-0.1, -0.05) is 34.8 Å². The minimum absolute atomic E-state index is 0.444. The normalized spacial score (nSPS) is 12.0. The third kappa shape index (κ3) is 1.78. The fourth-order valence-corrected chi connectivity index (χ4v) is 0.869. The summed E-state index contributed by atoms with van der Waals surface area (Å²) in [4.78, 5) is 0. The van der Waals surface area contributed by atoms with E-state index in [0.717, 1.165) is 0 Å². The first kappa shape index (κ1) is 8.18. The molecule has 0 atom stereocenters. The highest BCUT2D eigenvalue weighted by molar-refractivity contribution is 6.66. The van der Waals surface area contributed by atoms with Crippen LogP contribution in [0.2, 0.25) is 0 Å². The molecule has 5 heteroatoms. The van der Waals surface area contributed by atoms with Gasteiger partial charge >= 0.3 is 0 Å². The summed E-state index contributed by atoms with van der Waals surface area (Å²) in [7, 11) is 1.76. The smallest absolute Gasteiger partial charge is 0.234 e. The fourth-order valence-electron chi connectivity index (χ4n) is 0.566. The van der Waals surface area contributed by atoms with Gasteiger partial charge in [0.25, 0.3) is 0 Å². The van der Waals surface area contributed by atoms with Crippen molar-refractivity contribution in [1.82, 2.24) is 9.78 Å². The highest BCUT2D eigenvalue weighted by Crippen LogP contribution is 2.36. The zero-order chi connectivity index (χ0) is 7.78. The van der Waals surface area contributed by atoms with Gasteiger partial charge in [-0.2, -0.15) is 5.10 Å². The lowest BCUT2D eigenvalue weighted by Crippen LogP contribution is -2.01. The van der Waals surface area contributed by atoms with E-state index in [4.69, 9.17) is 34.8 Å². The van der Waals surface area contributed by atoms with Crippen LogP contribution >= 0.6 is 34.8 Å². The molecule has 56 valence electrons. The molecular formula is C5H5Cl3N2. The Kier molecular flexibility index (Phi) is 2.13. The van der Waals surface area contributed by atoms with E-state index >= 15 is 0 Å². The van der Waals surface area contributed by atoms with Crippen molar-refractivity contribution < 1.29 is 0 Å². The largest absolute Gasteiger partial charge is 0.275 e. The van der Waals surface area contributed by atoms with Crippen molar-refractivity contribution in [3.05, 3.63) is 18.0 Å². The Morgan fingerprint density at radius 3 is 2.30 bits per heavy atom. The van der Waals surface area contributed by atoms with Crippen LogP contribution in [0.15, 0.2) is 12.3 Å². The van der Waals surface area contributed by atoms with Crippen LogP contribution in [0.4, 0.5) is 0 Å². The van der Waals surface area contributed by atoms with Crippen molar-refractivity contribution in [2.45, 2.75) is 3.79 Å². The molecule has 1 heterocycles. The van der Waals surface area contributed by atoms with E-state index in [1.54, 1.807) is 24.0 Å². The summed E-state index contributed by atoms with van der Waals surface area (Å²) >= 11 is 16.6. The van der Waals surface area contributed by atoms with Crippen LogP contribution in [-0.4, -0.2) is 9.78 Å². The molecule has 1 aromatic rings. The lowest BCUT2D eigenvalue weighted by atomic mass is 10.5. The molecule has 0 saturated carbocycles. The maximum absolute atomic E-state index is 5.53. The van der Waals surface area contributed by atoms with Crippen molar-refractivity contribution in [2.75, 3.05) is 0 Å². The molecular weight excluding hydrogens is 194 g/mol. The molecule has 0 fully saturated rings. The predicted molar refractivity (Wildman–Crippen MR) is 42.4 cm³/mol. The number of aryl methyl sites for hydroxylation is 1. The van der Waals surface area contributed by atoms with Crippen LogP contribution in [-0.2, 0) is 10.8 Å². The molecule has 2 nitrogen and oxygen atoms in total. The Morgan fingerprint density at radius 2 is 2.10 bits per heavy atom. The van der Waals surface area contributed by atoms with E-state index in [9.17, 15) is 0 Å². The molecule has 0 aliphatic heterocycles. The minimum atomic E-state index is -1.40.